The minimum atomic E-state index is 0.0133. The Morgan fingerprint density at radius 2 is 2.29 bits per heavy atom. The molecule has 1 unspecified atom stereocenters. The van der Waals surface area contributed by atoms with Crippen molar-refractivity contribution in [2.24, 2.45) is 0 Å². The summed E-state index contributed by atoms with van der Waals surface area (Å²) in [5.74, 6) is 1.59. The number of nitrogens with zero attached hydrogens (tertiary/aromatic N) is 1. The molecule has 4 heteroatoms. The van der Waals surface area contributed by atoms with Crippen LogP contribution in [0.3, 0.4) is 0 Å². The minimum absolute atomic E-state index is 0.0133. The van der Waals surface area contributed by atoms with Crippen LogP contribution in [0, 0.1) is 0 Å². The lowest BCUT2D eigenvalue weighted by molar-refractivity contribution is -0.131. The number of thioether (sulfide) groups is 1. The van der Waals surface area contributed by atoms with Gasteiger partial charge in [-0.05, 0) is 18.6 Å². The molecule has 1 heterocycles. The van der Waals surface area contributed by atoms with E-state index in [1.807, 2.05) is 24.0 Å². The third-order valence-electron chi connectivity index (χ3n) is 3.05. The average Bonchev–Trinajstić information content (AvgIpc) is 2.79. The normalized spacial score (nSPS) is 17.9. The molecule has 0 aromatic heterocycles. The van der Waals surface area contributed by atoms with E-state index in [0.29, 0.717) is 12.4 Å². The summed E-state index contributed by atoms with van der Waals surface area (Å²) in [5, 5.41) is 0. The molecule has 92 valence electrons. The SMILES string of the molecule is CCN(CCCl)C(=O)C1CSc2ccccc21. The second kappa shape index (κ2) is 5.78. The Morgan fingerprint density at radius 3 is 3.00 bits per heavy atom. The van der Waals surface area contributed by atoms with E-state index in [1.165, 1.54) is 10.5 Å². The van der Waals surface area contributed by atoms with E-state index in [1.54, 1.807) is 11.8 Å². The van der Waals surface area contributed by atoms with Gasteiger partial charge in [-0.25, -0.2) is 0 Å². The summed E-state index contributed by atoms with van der Waals surface area (Å²) in [4.78, 5) is 15.5. The largest absolute Gasteiger partial charge is 0.341 e. The Hall–Kier alpha value is -0.670. The molecule has 0 bridgehead atoms. The van der Waals surface area contributed by atoms with Crippen molar-refractivity contribution in [3.05, 3.63) is 29.8 Å². The van der Waals surface area contributed by atoms with Crippen molar-refractivity contribution >= 4 is 29.3 Å². The molecule has 1 aromatic rings. The van der Waals surface area contributed by atoms with Gasteiger partial charge in [-0.1, -0.05) is 18.2 Å². The Morgan fingerprint density at radius 1 is 1.53 bits per heavy atom. The van der Waals surface area contributed by atoms with Crippen LogP contribution < -0.4 is 0 Å². The number of benzene rings is 1. The highest BCUT2D eigenvalue weighted by Gasteiger charge is 2.31. The van der Waals surface area contributed by atoms with Crippen LogP contribution in [-0.2, 0) is 4.79 Å². The van der Waals surface area contributed by atoms with Gasteiger partial charge in [-0.2, -0.15) is 0 Å². The van der Waals surface area contributed by atoms with Gasteiger partial charge in [0.1, 0.15) is 0 Å². The molecule has 1 aromatic carbocycles. The number of hydrogen-bond acceptors (Lipinski definition) is 2. The maximum absolute atomic E-state index is 12.4. The Labute approximate surface area is 111 Å². The number of likely N-dealkylation sites (N-methyl/N-ethyl adjacent to an activating group) is 1. The zero-order valence-corrected chi connectivity index (χ0v) is 11.4. The Kier molecular flexibility index (Phi) is 4.35. The highest BCUT2D eigenvalue weighted by molar-refractivity contribution is 7.99. The maximum atomic E-state index is 12.4. The first-order chi connectivity index (χ1) is 8.27. The molecule has 1 atom stereocenters. The van der Waals surface area contributed by atoms with E-state index in [-0.39, 0.29) is 11.8 Å². The molecule has 0 saturated heterocycles. The van der Waals surface area contributed by atoms with E-state index in [4.69, 9.17) is 11.6 Å². The number of rotatable bonds is 4. The van der Waals surface area contributed by atoms with Crippen LogP contribution in [0.2, 0.25) is 0 Å². The van der Waals surface area contributed by atoms with Crippen LogP contribution in [0.15, 0.2) is 29.2 Å². The minimum Gasteiger partial charge on any atom is -0.341 e. The van der Waals surface area contributed by atoms with Gasteiger partial charge >= 0.3 is 0 Å². The maximum Gasteiger partial charge on any atom is 0.231 e. The van der Waals surface area contributed by atoms with Gasteiger partial charge in [-0.3, -0.25) is 4.79 Å². The van der Waals surface area contributed by atoms with Gasteiger partial charge in [0.2, 0.25) is 5.91 Å². The first kappa shape index (κ1) is 12.8. The molecule has 0 N–H and O–H groups in total. The van der Waals surface area contributed by atoms with Crippen molar-refractivity contribution in [1.82, 2.24) is 4.90 Å². The van der Waals surface area contributed by atoms with Crippen molar-refractivity contribution in [3.63, 3.8) is 0 Å². The number of hydrogen-bond donors (Lipinski definition) is 0. The zero-order chi connectivity index (χ0) is 12.3. The molecule has 1 aliphatic rings. The average molecular weight is 270 g/mol. The van der Waals surface area contributed by atoms with E-state index < -0.39 is 0 Å². The molecule has 0 aliphatic carbocycles. The smallest absolute Gasteiger partial charge is 0.231 e. The molecule has 2 rings (SSSR count). The molecule has 0 saturated carbocycles. The predicted octanol–water partition coefficient (Wildman–Crippen LogP) is 2.96. The summed E-state index contributed by atoms with van der Waals surface area (Å²) in [7, 11) is 0. The molecule has 2 nitrogen and oxygen atoms in total. The third kappa shape index (κ3) is 2.61. The van der Waals surface area contributed by atoms with Crippen LogP contribution in [0.1, 0.15) is 18.4 Å². The van der Waals surface area contributed by atoms with Gasteiger partial charge in [0.25, 0.3) is 0 Å². The molecule has 0 spiro atoms. The fraction of sp³-hybridized carbons (Fsp3) is 0.462. The highest BCUT2D eigenvalue weighted by atomic mass is 35.5. The lowest BCUT2D eigenvalue weighted by Gasteiger charge is -2.23. The number of alkyl halides is 1. The summed E-state index contributed by atoms with van der Waals surface area (Å²) in [6.07, 6.45) is 0. The summed E-state index contributed by atoms with van der Waals surface area (Å²) < 4.78 is 0. The van der Waals surface area contributed by atoms with Crippen LogP contribution in [0.4, 0.5) is 0 Å². The van der Waals surface area contributed by atoms with Crippen molar-refractivity contribution < 1.29 is 4.79 Å². The molecule has 0 fully saturated rings. The molecular formula is C13H16ClNOS. The van der Waals surface area contributed by atoms with Gasteiger partial charge in [0.15, 0.2) is 0 Å². The number of amides is 1. The molecule has 1 aliphatic heterocycles. The number of carbonyl (C=O) groups is 1. The summed E-state index contributed by atoms with van der Waals surface area (Å²) in [5.41, 5.74) is 1.18. The molecular weight excluding hydrogens is 254 g/mol. The van der Waals surface area contributed by atoms with Gasteiger partial charge in [0, 0.05) is 29.6 Å². The number of carbonyl (C=O) groups excluding carboxylic acids is 1. The van der Waals surface area contributed by atoms with Crippen molar-refractivity contribution in [2.75, 3.05) is 24.7 Å². The molecule has 17 heavy (non-hydrogen) atoms. The first-order valence-corrected chi connectivity index (χ1v) is 7.36. The van der Waals surface area contributed by atoms with Crippen LogP contribution in [0.5, 0.6) is 0 Å². The van der Waals surface area contributed by atoms with Crippen molar-refractivity contribution in [2.45, 2.75) is 17.7 Å². The van der Waals surface area contributed by atoms with E-state index in [2.05, 4.69) is 12.1 Å². The summed E-state index contributed by atoms with van der Waals surface area (Å²) in [6.45, 7) is 3.37. The van der Waals surface area contributed by atoms with E-state index in [9.17, 15) is 4.79 Å². The summed E-state index contributed by atoms with van der Waals surface area (Å²) >= 11 is 7.50. The van der Waals surface area contributed by atoms with Gasteiger partial charge < -0.3 is 4.90 Å². The zero-order valence-electron chi connectivity index (χ0n) is 9.86. The molecule has 1 amide bonds. The van der Waals surface area contributed by atoms with Crippen molar-refractivity contribution in [1.29, 1.82) is 0 Å². The third-order valence-corrected chi connectivity index (χ3v) is 4.40. The van der Waals surface area contributed by atoms with Crippen LogP contribution in [-0.4, -0.2) is 35.5 Å². The van der Waals surface area contributed by atoms with Gasteiger partial charge in [0.05, 0.1) is 5.92 Å². The Balaban J connectivity index is 2.16. The monoisotopic (exact) mass is 269 g/mol. The van der Waals surface area contributed by atoms with Gasteiger partial charge in [-0.15, -0.1) is 23.4 Å². The standard InChI is InChI=1S/C13H16ClNOS/c1-2-15(8-7-14)13(16)11-9-17-12-6-4-3-5-10(11)12/h3-6,11H,2,7-9H2,1H3. The van der Waals surface area contributed by atoms with E-state index in [0.717, 1.165) is 12.3 Å². The van der Waals surface area contributed by atoms with Crippen LogP contribution >= 0.6 is 23.4 Å². The highest BCUT2D eigenvalue weighted by Crippen LogP contribution is 2.40. The lowest BCUT2D eigenvalue weighted by atomic mass is 10.00. The second-order valence-electron chi connectivity index (χ2n) is 4.01. The molecule has 0 radical (unpaired) electrons. The summed E-state index contributed by atoms with van der Waals surface area (Å²) in [6, 6.07) is 8.18. The topological polar surface area (TPSA) is 20.3 Å². The fourth-order valence-electron chi connectivity index (χ4n) is 2.11. The lowest BCUT2D eigenvalue weighted by Crippen LogP contribution is -2.36. The Bertz CT molecular complexity index is 410. The first-order valence-electron chi connectivity index (χ1n) is 5.84. The predicted molar refractivity (Wildman–Crippen MR) is 72.9 cm³/mol. The number of fused-ring (bicyclic) bond motifs is 1. The number of halogens is 1. The fourth-order valence-corrected chi connectivity index (χ4v) is 3.54. The second-order valence-corrected chi connectivity index (χ2v) is 5.45. The quantitative estimate of drug-likeness (QED) is 0.784. The van der Waals surface area contributed by atoms with Crippen LogP contribution in [0.25, 0.3) is 0 Å². The van der Waals surface area contributed by atoms with Crippen molar-refractivity contribution in [3.8, 4) is 0 Å². The van der Waals surface area contributed by atoms with E-state index >= 15 is 0 Å².